The average molecular weight is 442 g/mol. The van der Waals surface area contributed by atoms with Crippen LogP contribution in [0.5, 0.6) is 0 Å². The molecule has 0 fully saturated rings. The number of sulfonamides is 1. The van der Waals surface area contributed by atoms with Gasteiger partial charge in [0.1, 0.15) is 12.7 Å². The van der Waals surface area contributed by atoms with E-state index in [4.69, 9.17) is 0 Å². The molecule has 0 saturated heterocycles. The lowest BCUT2D eigenvalue weighted by Crippen LogP contribution is -2.33. The highest BCUT2D eigenvalue weighted by Gasteiger charge is 2.19. The number of carbonyl (C=O) groups is 1. The van der Waals surface area contributed by atoms with Gasteiger partial charge in [-0.3, -0.25) is 4.79 Å². The number of aromatic nitrogens is 3. The smallest absolute Gasteiger partial charge is 0.240 e. The first kappa shape index (κ1) is 22.6. The highest BCUT2D eigenvalue weighted by Crippen LogP contribution is 2.21. The summed E-state index contributed by atoms with van der Waals surface area (Å²) < 4.78 is 29.1. The molecule has 0 aliphatic heterocycles. The Kier molecular flexibility index (Phi) is 6.87. The third-order valence-corrected chi connectivity index (χ3v) is 6.91. The van der Waals surface area contributed by atoms with E-state index in [1.54, 1.807) is 41.2 Å². The summed E-state index contributed by atoms with van der Waals surface area (Å²) in [6.45, 7) is 5.77. The van der Waals surface area contributed by atoms with E-state index in [-0.39, 0.29) is 29.8 Å². The van der Waals surface area contributed by atoms with E-state index in [9.17, 15) is 13.2 Å². The Morgan fingerprint density at radius 3 is 2.45 bits per heavy atom. The van der Waals surface area contributed by atoms with Gasteiger partial charge in [0, 0.05) is 20.0 Å². The normalized spacial score (nSPS) is 12.5. The summed E-state index contributed by atoms with van der Waals surface area (Å²) in [7, 11) is -1.94. The molecule has 8 nitrogen and oxygen atoms in total. The lowest BCUT2D eigenvalue weighted by molar-refractivity contribution is -0.131. The van der Waals surface area contributed by atoms with Crippen molar-refractivity contribution in [3.63, 3.8) is 0 Å². The molecule has 1 atom stereocenters. The van der Waals surface area contributed by atoms with Crippen LogP contribution in [-0.4, -0.2) is 47.6 Å². The fourth-order valence-electron chi connectivity index (χ4n) is 3.12. The molecule has 0 radical (unpaired) electrons. The third kappa shape index (κ3) is 5.36. The minimum absolute atomic E-state index is 0.0381. The second-order valence-corrected chi connectivity index (χ2v) is 9.27. The molecule has 164 valence electrons. The average Bonchev–Trinajstić information content (AvgIpc) is 3.29. The highest BCUT2D eigenvalue weighted by atomic mass is 32.2. The first-order chi connectivity index (χ1) is 14.7. The lowest BCUT2D eigenvalue weighted by atomic mass is 10.1. The molecule has 1 N–H and O–H groups in total. The van der Waals surface area contributed by atoms with Crippen molar-refractivity contribution in [1.82, 2.24) is 24.4 Å². The zero-order valence-corrected chi connectivity index (χ0v) is 18.9. The monoisotopic (exact) mass is 441 g/mol. The zero-order chi connectivity index (χ0) is 22.6. The molecule has 1 heterocycles. The number of rotatable bonds is 8. The van der Waals surface area contributed by atoms with E-state index in [0.717, 1.165) is 22.4 Å². The van der Waals surface area contributed by atoms with Crippen molar-refractivity contribution >= 4 is 15.9 Å². The molecule has 3 aromatic rings. The molecule has 3 rings (SSSR count). The van der Waals surface area contributed by atoms with Crippen LogP contribution in [0, 0.1) is 13.8 Å². The van der Waals surface area contributed by atoms with Crippen LogP contribution in [0.25, 0.3) is 5.69 Å². The van der Waals surface area contributed by atoms with Gasteiger partial charge in [-0.05, 0) is 61.7 Å². The summed E-state index contributed by atoms with van der Waals surface area (Å²) in [5.74, 6) is -0.143. The molecule has 0 spiro atoms. The fourth-order valence-corrected chi connectivity index (χ4v) is 4.24. The van der Waals surface area contributed by atoms with Gasteiger partial charge >= 0.3 is 0 Å². The van der Waals surface area contributed by atoms with E-state index in [0.29, 0.717) is 0 Å². The molecule has 1 unspecified atom stereocenters. The number of benzene rings is 2. The van der Waals surface area contributed by atoms with Crippen LogP contribution in [0.1, 0.15) is 36.1 Å². The van der Waals surface area contributed by atoms with Crippen LogP contribution in [-0.2, 0) is 14.8 Å². The van der Waals surface area contributed by atoms with Crippen molar-refractivity contribution < 1.29 is 13.2 Å². The Hall–Kier alpha value is -3.04. The van der Waals surface area contributed by atoms with Crippen LogP contribution in [0.15, 0.2) is 60.0 Å². The summed E-state index contributed by atoms with van der Waals surface area (Å²) in [6, 6.07) is 12.5. The van der Waals surface area contributed by atoms with E-state index < -0.39 is 10.0 Å². The van der Waals surface area contributed by atoms with Crippen LogP contribution in [0.2, 0.25) is 0 Å². The number of aryl methyl sites for hydroxylation is 2. The molecule has 31 heavy (non-hydrogen) atoms. The number of carbonyl (C=O) groups excluding carboxylic acids is 1. The van der Waals surface area contributed by atoms with Gasteiger partial charge in [0.25, 0.3) is 0 Å². The number of nitrogens with zero attached hydrogens (tertiary/aromatic N) is 4. The van der Waals surface area contributed by atoms with Crippen molar-refractivity contribution in [2.45, 2.75) is 38.1 Å². The first-order valence-electron chi connectivity index (χ1n) is 9.96. The van der Waals surface area contributed by atoms with Gasteiger partial charge in [-0.15, -0.1) is 0 Å². The summed E-state index contributed by atoms with van der Waals surface area (Å²) in [5, 5.41) is 4.09. The van der Waals surface area contributed by atoms with Crippen LogP contribution in [0.4, 0.5) is 0 Å². The van der Waals surface area contributed by atoms with E-state index >= 15 is 0 Å². The Morgan fingerprint density at radius 1 is 1.13 bits per heavy atom. The maximum absolute atomic E-state index is 12.6. The van der Waals surface area contributed by atoms with Gasteiger partial charge in [0.15, 0.2) is 0 Å². The van der Waals surface area contributed by atoms with Gasteiger partial charge < -0.3 is 4.90 Å². The minimum atomic E-state index is -3.65. The van der Waals surface area contributed by atoms with Gasteiger partial charge in [0.05, 0.1) is 16.6 Å². The second-order valence-electron chi connectivity index (χ2n) is 7.51. The second kappa shape index (κ2) is 9.40. The predicted octanol–water partition coefficient (Wildman–Crippen LogP) is 2.77. The van der Waals surface area contributed by atoms with E-state index in [1.165, 1.54) is 6.33 Å². The minimum Gasteiger partial charge on any atom is -0.339 e. The number of amides is 1. The number of nitrogens with one attached hydrogen (secondary N) is 1. The SMILES string of the molecule is Cc1ccc(S(=O)(=O)NCCC(=O)N(C)C(C)c2ccc(-n3cncn3)cc2)cc1C. The molecule has 0 aliphatic carbocycles. The highest BCUT2D eigenvalue weighted by molar-refractivity contribution is 7.89. The van der Waals surface area contributed by atoms with Crippen LogP contribution in [0.3, 0.4) is 0 Å². The Morgan fingerprint density at radius 2 is 1.84 bits per heavy atom. The Bertz CT molecular complexity index is 1140. The van der Waals surface area contributed by atoms with Crippen molar-refractivity contribution in [1.29, 1.82) is 0 Å². The topological polar surface area (TPSA) is 97.2 Å². The summed E-state index contributed by atoms with van der Waals surface area (Å²) in [4.78, 5) is 18.4. The Balaban J connectivity index is 1.56. The Labute approximate surface area is 183 Å². The quantitative estimate of drug-likeness (QED) is 0.580. The summed E-state index contributed by atoms with van der Waals surface area (Å²) in [6.07, 6.45) is 3.16. The molecule has 2 aromatic carbocycles. The first-order valence-corrected chi connectivity index (χ1v) is 11.4. The van der Waals surface area contributed by atoms with Gasteiger partial charge in [-0.2, -0.15) is 5.10 Å². The van der Waals surface area contributed by atoms with Crippen molar-refractivity contribution in [3.05, 3.63) is 71.8 Å². The summed E-state index contributed by atoms with van der Waals surface area (Å²) >= 11 is 0. The predicted molar refractivity (Wildman–Crippen MR) is 118 cm³/mol. The van der Waals surface area contributed by atoms with Crippen LogP contribution >= 0.6 is 0 Å². The van der Waals surface area contributed by atoms with Crippen molar-refractivity contribution in [2.24, 2.45) is 0 Å². The molecule has 0 aliphatic rings. The number of hydrogen-bond donors (Lipinski definition) is 1. The maximum atomic E-state index is 12.6. The standard InChI is InChI=1S/C22H27N5O3S/c1-16-5-10-21(13-17(16)2)31(29,30)25-12-11-22(28)26(4)18(3)19-6-8-20(9-7-19)27-15-23-14-24-27/h5-10,13-15,18,25H,11-12H2,1-4H3. The molecular formula is C22H27N5O3S. The van der Waals surface area contributed by atoms with Crippen molar-refractivity contribution in [2.75, 3.05) is 13.6 Å². The van der Waals surface area contributed by atoms with Gasteiger partial charge in [-0.1, -0.05) is 18.2 Å². The third-order valence-electron chi connectivity index (χ3n) is 5.45. The molecular weight excluding hydrogens is 414 g/mol. The molecule has 1 aromatic heterocycles. The largest absolute Gasteiger partial charge is 0.339 e. The fraction of sp³-hybridized carbons (Fsp3) is 0.318. The summed E-state index contributed by atoms with van der Waals surface area (Å²) in [5.41, 5.74) is 3.78. The molecule has 1 amide bonds. The van der Waals surface area contributed by atoms with E-state index in [2.05, 4.69) is 14.8 Å². The zero-order valence-electron chi connectivity index (χ0n) is 18.1. The van der Waals surface area contributed by atoms with Crippen LogP contribution < -0.4 is 4.72 Å². The van der Waals surface area contributed by atoms with Gasteiger partial charge in [0.2, 0.25) is 15.9 Å². The van der Waals surface area contributed by atoms with E-state index in [1.807, 2.05) is 45.0 Å². The maximum Gasteiger partial charge on any atom is 0.240 e. The number of hydrogen-bond acceptors (Lipinski definition) is 5. The van der Waals surface area contributed by atoms with Gasteiger partial charge in [-0.25, -0.2) is 22.8 Å². The molecule has 0 bridgehead atoms. The van der Waals surface area contributed by atoms with Crippen molar-refractivity contribution in [3.8, 4) is 5.69 Å². The molecule has 0 saturated carbocycles. The lowest BCUT2D eigenvalue weighted by Gasteiger charge is -2.25. The molecule has 9 heteroatoms.